The topological polar surface area (TPSA) is 92.7 Å². The minimum absolute atomic E-state index is 0.0566. The van der Waals surface area contributed by atoms with Gasteiger partial charge in [0.1, 0.15) is 11.6 Å². The number of carboxylic acids is 1. The molecule has 0 aromatic heterocycles. The van der Waals surface area contributed by atoms with Gasteiger partial charge in [-0.25, -0.2) is 17.6 Å². The Kier molecular flexibility index (Phi) is 5.29. The van der Waals surface area contributed by atoms with E-state index in [2.05, 4.69) is 16.6 Å². The van der Waals surface area contributed by atoms with Crippen LogP contribution in [0.25, 0.3) is 0 Å². The number of carboxylic acid groups (broad SMARTS) is 1. The minimum atomic E-state index is -4.02. The van der Waals surface area contributed by atoms with E-state index in [0.717, 1.165) is 12.1 Å². The molecule has 8 heteroatoms. The molecule has 0 fully saturated rings. The van der Waals surface area contributed by atoms with Gasteiger partial charge >= 0.3 is 5.97 Å². The molecule has 0 heterocycles. The van der Waals surface area contributed by atoms with Gasteiger partial charge in [-0.2, -0.15) is 0 Å². The van der Waals surface area contributed by atoms with Crippen molar-refractivity contribution < 1.29 is 27.4 Å². The first-order chi connectivity index (χ1) is 11.8. The van der Waals surface area contributed by atoms with E-state index in [1.54, 1.807) is 6.92 Å². The molecule has 0 aliphatic carbocycles. The molecule has 2 aromatic rings. The van der Waals surface area contributed by atoms with E-state index in [-0.39, 0.29) is 16.3 Å². The number of halogens is 1. The second-order valence-electron chi connectivity index (χ2n) is 4.84. The predicted molar refractivity (Wildman–Crippen MR) is 89.7 cm³/mol. The summed E-state index contributed by atoms with van der Waals surface area (Å²) in [5, 5.41) is 8.91. The van der Waals surface area contributed by atoms with Crippen LogP contribution in [-0.2, 0) is 10.0 Å². The van der Waals surface area contributed by atoms with E-state index in [1.807, 2.05) is 0 Å². The van der Waals surface area contributed by atoms with Crippen molar-refractivity contribution in [2.75, 3.05) is 11.8 Å². The number of sulfonamides is 1. The van der Waals surface area contributed by atoms with E-state index in [1.165, 1.54) is 31.4 Å². The minimum Gasteiger partial charge on any atom is -0.495 e. The molecule has 0 atom stereocenters. The van der Waals surface area contributed by atoms with E-state index in [0.29, 0.717) is 5.56 Å². The highest BCUT2D eigenvalue weighted by Crippen LogP contribution is 2.30. The zero-order valence-corrected chi connectivity index (χ0v) is 14.1. The molecule has 0 aliphatic heterocycles. The van der Waals surface area contributed by atoms with Crippen LogP contribution in [0.15, 0.2) is 41.3 Å². The fourth-order valence-electron chi connectivity index (χ4n) is 2.03. The largest absolute Gasteiger partial charge is 0.495 e. The van der Waals surface area contributed by atoms with Gasteiger partial charge in [0.25, 0.3) is 10.0 Å². The fraction of sp³-hybridized carbons (Fsp3) is 0.118. The number of ether oxygens (including phenoxy) is 1. The maximum absolute atomic E-state index is 13.8. The summed E-state index contributed by atoms with van der Waals surface area (Å²) in [6.45, 7) is 1.66. The molecule has 2 aromatic carbocycles. The van der Waals surface area contributed by atoms with Crippen LogP contribution in [0.5, 0.6) is 5.75 Å². The molecule has 2 rings (SSSR count). The molecule has 25 heavy (non-hydrogen) atoms. The summed E-state index contributed by atoms with van der Waals surface area (Å²) in [5.74, 6) is 2.80. The Morgan fingerprint density at radius 3 is 2.40 bits per heavy atom. The number of aromatic carboxylic acids is 1. The monoisotopic (exact) mass is 363 g/mol. The number of nitrogens with one attached hydrogen (secondary N) is 1. The Hall–Kier alpha value is -3.05. The van der Waals surface area contributed by atoms with Crippen LogP contribution in [0.3, 0.4) is 0 Å². The first-order valence-electron chi connectivity index (χ1n) is 6.95. The molecule has 0 bridgehead atoms. The van der Waals surface area contributed by atoms with Crippen molar-refractivity contribution in [1.82, 2.24) is 0 Å². The van der Waals surface area contributed by atoms with Crippen molar-refractivity contribution in [3.8, 4) is 17.6 Å². The molecule has 0 aliphatic rings. The zero-order chi connectivity index (χ0) is 18.6. The van der Waals surface area contributed by atoms with Crippen molar-refractivity contribution in [3.63, 3.8) is 0 Å². The summed E-state index contributed by atoms with van der Waals surface area (Å²) < 4.78 is 45.8. The molecule has 0 saturated heterocycles. The Morgan fingerprint density at radius 1 is 1.24 bits per heavy atom. The Morgan fingerprint density at radius 2 is 1.88 bits per heavy atom. The highest BCUT2D eigenvalue weighted by molar-refractivity contribution is 7.92. The number of hydrogen-bond donors (Lipinski definition) is 2. The number of carbonyl (C=O) groups is 1. The smallest absolute Gasteiger partial charge is 0.338 e. The van der Waals surface area contributed by atoms with Crippen molar-refractivity contribution >= 4 is 21.7 Å². The van der Waals surface area contributed by atoms with Crippen molar-refractivity contribution in [1.29, 1.82) is 0 Å². The SMILES string of the molecule is CC#Cc1ccc(S(=O)(=O)Nc2cc(F)c(C(=O)O)cc2OC)cc1. The Balaban J connectivity index is 2.41. The van der Waals surface area contributed by atoms with E-state index < -0.39 is 27.4 Å². The van der Waals surface area contributed by atoms with Gasteiger partial charge in [0.2, 0.25) is 0 Å². The summed E-state index contributed by atoms with van der Waals surface area (Å²) in [6.07, 6.45) is 0. The highest BCUT2D eigenvalue weighted by Gasteiger charge is 2.20. The van der Waals surface area contributed by atoms with Crippen molar-refractivity contribution in [3.05, 3.63) is 53.3 Å². The quantitative estimate of drug-likeness (QED) is 0.797. The molecule has 2 N–H and O–H groups in total. The summed E-state index contributed by atoms with van der Waals surface area (Å²) in [4.78, 5) is 10.9. The van der Waals surface area contributed by atoms with Crippen LogP contribution >= 0.6 is 0 Å². The van der Waals surface area contributed by atoms with Crippen molar-refractivity contribution in [2.24, 2.45) is 0 Å². The number of rotatable bonds is 5. The molecule has 6 nitrogen and oxygen atoms in total. The lowest BCUT2D eigenvalue weighted by Gasteiger charge is -2.13. The molecule has 0 unspecified atom stereocenters. The molecule has 0 amide bonds. The highest BCUT2D eigenvalue weighted by atomic mass is 32.2. The van der Waals surface area contributed by atoms with Crippen LogP contribution < -0.4 is 9.46 Å². The zero-order valence-electron chi connectivity index (χ0n) is 13.3. The summed E-state index contributed by atoms with van der Waals surface area (Å²) in [6, 6.07) is 7.46. The number of hydrogen-bond acceptors (Lipinski definition) is 4. The lowest BCUT2D eigenvalue weighted by Crippen LogP contribution is -2.14. The Labute approximate surface area is 144 Å². The second-order valence-corrected chi connectivity index (χ2v) is 6.52. The van der Waals surface area contributed by atoms with Gasteiger partial charge in [0.15, 0.2) is 0 Å². The molecular formula is C17H14FNO5S. The standard InChI is InChI=1S/C17H14FNO5S/c1-3-4-11-5-7-12(8-6-11)25(22,23)19-15-10-14(18)13(17(20)21)9-16(15)24-2/h5-10,19H,1-2H3,(H,20,21). The summed E-state index contributed by atoms with van der Waals surface area (Å²) >= 11 is 0. The third-order valence-corrected chi connectivity index (χ3v) is 4.58. The molecular weight excluding hydrogens is 349 g/mol. The second kappa shape index (κ2) is 7.23. The number of methoxy groups -OCH3 is 1. The van der Waals surface area contributed by atoms with Gasteiger partial charge < -0.3 is 9.84 Å². The van der Waals surface area contributed by atoms with E-state index in [4.69, 9.17) is 9.84 Å². The normalized spacial score (nSPS) is 10.5. The number of anilines is 1. The van der Waals surface area contributed by atoms with E-state index >= 15 is 0 Å². The van der Waals surface area contributed by atoms with Crippen molar-refractivity contribution in [2.45, 2.75) is 11.8 Å². The van der Waals surface area contributed by atoms with Crippen LogP contribution in [0, 0.1) is 17.7 Å². The van der Waals surface area contributed by atoms with Crippen LogP contribution in [0.1, 0.15) is 22.8 Å². The van der Waals surface area contributed by atoms with Gasteiger partial charge in [-0.05, 0) is 37.3 Å². The first-order valence-corrected chi connectivity index (χ1v) is 8.43. The molecule has 0 radical (unpaired) electrons. The average molecular weight is 363 g/mol. The van der Waals surface area contributed by atoms with Crippen LogP contribution in [0.2, 0.25) is 0 Å². The van der Waals surface area contributed by atoms with E-state index in [9.17, 15) is 17.6 Å². The molecule has 0 spiro atoms. The Bertz CT molecular complexity index is 973. The van der Waals surface area contributed by atoms with Crippen LogP contribution in [-0.4, -0.2) is 26.6 Å². The van der Waals surface area contributed by atoms with Gasteiger partial charge in [-0.1, -0.05) is 5.92 Å². The number of benzene rings is 2. The van der Waals surface area contributed by atoms with Gasteiger partial charge in [-0.3, -0.25) is 4.72 Å². The maximum atomic E-state index is 13.8. The predicted octanol–water partition coefficient (Wildman–Crippen LogP) is 2.70. The first kappa shape index (κ1) is 18.3. The lowest BCUT2D eigenvalue weighted by molar-refractivity contribution is 0.0691. The van der Waals surface area contributed by atoms with Gasteiger partial charge in [-0.15, -0.1) is 5.92 Å². The molecule has 130 valence electrons. The van der Waals surface area contributed by atoms with Crippen LogP contribution in [0.4, 0.5) is 10.1 Å². The average Bonchev–Trinajstić information content (AvgIpc) is 2.55. The fourth-order valence-corrected chi connectivity index (χ4v) is 3.09. The van der Waals surface area contributed by atoms with Gasteiger partial charge in [0.05, 0.1) is 23.3 Å². The molecule has 0 saturated carbocycles. The third-order valence-electron chi connectivity index (χ3n) is 3.20. The maximum Gasteiger partial charge on any atom is 0.338 e. The van der Waals surface area contributed by atoms with Gasteiger partial charge in [0, 0.05) is 11.6 Å². The third kappa shape index (κ3) is 4.08. The lowest BCUT2D eigenvalue weighted by atomic mass is 10.2. The summed E-state index contributed by atoms with van der Waals surface area (Å²) in [5.41, 5.74) is -0.180. The summed E-state index contributed by atoms with van der Waals surface area (Å²) in [7, 11) is -2.80.